The van der Waals surface area contributed by atoms with Crippen molar-refractivity contribution in [2.45, 2.75) is 25.8 Å². The van der Waals surface area contributed by atoms with Gasteiger partial charge in [0, 0.05) is 49.8 Å². The highest BCUT2D eigenvalue weighted by atomic mass is 79.9. The number of aromatic nitrogens is 1. The van der Waals surface area contributed by atoms with Gasteiger partial charge < -0.3 is 29.0 Å². The number of fused-ring (bicyclic) bond motifs is 4. The predicted molar refractivity (Wildman–Crippen MR) is 159 cm³/mol. The van der Waals surface area contributed by atoms with Crippen LogP contribution in [0, 0.1) is 5.92 Å². The SMILES string of the molecule is COc1ccc(C(=O)NC(=Cc2cc(Br)c(OC(C)=O)c(OC)c2)C(=O)N2CC3CC(C2)c2cccc(=O)n2C3)cc1. The zero-order valence-electron chi connectivity index (χ0n) is 23.4. The molecule has 11 heteroatoms. The van der Waals surface area contributed by atoms with Crippen LogP contribution in [0.2, 0.25) is 0 Å². The van der Waals surface area contributed by atoms with Gasteiger partial charge >= 0.3 is 5.97 Å². The fraction of sp³-hybridized carbons (Fsp3) is 0.290. The Balaban J connectivity index is 1.49. The van der Waals surface area contributed by atoms with Crippen molar-refractivity contribution in [2.24, 2.45) is 5.92 Å². The maximum absolute atomic E-state index is 14.1. The molecule has 0 spiro atoms. The molecule has 1 fully saturated rings. The average Bonchev–Trinajstić information content (AvgIpc) is 2.98. The lowest BCUT2D eigenvalue weighted by atomic mass is 9.83. The topological polar surface area (TPSA) is 116 Å². The minimum atomic E-state index is -0.514. The second kappa shape index (κ2) is 12.2. The van der Waals surface area contributed by atoms with Crippen molar-refractivity contribution in [3.05, 3.63) is 91.9 Å². The molecule has 1 saturated heterocycles. The molecule has 1 N–H and O–H groups in total. The Morgan fingerprint density at radius 2 is 1.76 bits per heavy atom. The number of hydrogen-bond acceptors (Lipinski definition) is 7. The molecule has 2 atom stereocenters. The molecule has 218 valence electrons. The van der Waals surface area contributed by atoms with Gasteiger partial charge in [0.25, 0.3) is 17.4 Å². The standard InChI is InChI=1S/C31H30BrN3O7/c1-18(36)42-29-24(32)12-19(14-27(29)41-3)13-25(33-30(38)21-7-9-23(40-2)10-8-21)31(39)34-15-20-11-22(17-34)26-5-4-6-28(37)35(26)16-20/h4-10,12-14,20,22H,11,15-17H2,1-3H3,(H,33,38). The van der Waals surface area contributed by atoms with E-state index in [-0.39, 0.29) is 40.5 Å². The lowest BCUT2D eigenvalue weighted by Gasteiger charge is -2.43. The number of pyridine rings is 1. The number of ether oxygens (including phenoxy) is 3. The van der Waals surface area contributed by atoms with E-state index in [0.717, 1.165) is 12.1 Å². The molecular formula is C31H30BrN3O7. The molecule has 5 rings (SSSR count). The molecule has 0 saturated carbocycles. The number of carbonyl (C=O) groups excluding carboxylic acids is 3. The number of esters is 1. The molecule has 1 aromatic heterocycles. The number of benzene rings is 2. The zero-order chi connectivity index (χ0) is 30.0. The van der Waals surface area contributed by atoms with Crippen LogP contribution in [-0.2, 0) is 16.1 Å². The number of halogens is 1. The zero-order valence-corrected chi connectivity index (χ0v) is 25.0. The monoisotopic (exact) mass is 635 g/mol. The number of methoxy groups -OCH3 is 2. The van der Waals surface area contributed by atoms with E-state index < -0.39 is 11.9 Å². The maximum atomic E-state index is 14.1. The van der Waals surface area contributed by atoms with Gasteiger partial charge in [-0.3, -0.25) is 19.2 Å². The first-order valence-electron chi connectivity index (χ1n) is 13.4. The van der Waals surface area contributed by atoms with Crippen molar-refractivity contribution in [3.8, 4) is 17.2 Å². The third kappa shape index (κ3) is 6.11. The second-order valence-corrected chi connectivity index (χ2v) is 11.1. The van der Waals surface area contributed by atoms with Gasteiger partial charge in [-0.2, -0.15) is 0 Å². The molecule has 2 unspecified atom stereocenters. The molecule has 42 heavy (non-hydrogen) atoms. The summed E-state index contributed by atoms with van der Waals surface area (Å²) in [6.45, 7) is 2.68. The molecule has 0 radical (unpaired) electrons. The largest absolute Gasteiger partial charge is 0.497 e. The number of nitrogens with zero attached hydrogens (tertiary/aromatic N) is 2. The Morgan fingerprint density at radius 3 is 2.45 bits per heavy atom. The van der Waals surface area contributed by atoms with Crippen LogP contribution in [0.4, 0.5) is 0 Å². The summed E-state index contributed by atoms with van der Waals surface area (Å²) in [5.74, 6) is -0.140. The van der Waals surface area contributed by atoms with E-state index in [1.807, 2.05) is 6.07 Å². The van der Waals surface area contributed by atoms with Crippen molar-refractivity contribution in [2.75, 3.05) is 27.3 Å². The highest BCUT2D eigenvalue weighted by Gasteiger charge is 2.37. The second-order valence-electron chi connectivity index (χ2n) is 10.3. The number of likely N-dealkylation sites (tertiary alicyclic amines) is 1. The third-order valence-corrected chi connectivity index (χ3v) is 8.00. The van der Waals surface area contributed by atoms with E-state index in [9.17, 15) is 19.2 Å². The van der Waals surface area contributed by atoms with E-state index in [4.69, 9.17) is 14.2 Å². The van der Waals surface area contributed by atoms with Gasteiger partial charge in [0.05, 0.1) is 18.7 Å². The first-order valence-corrected chi connectivity index (χ1v) is 14.2. The maximum Gasteiger partial charge on any atom is 0.308 e. The van der Waals surface area contributed by atoms with Crippen molar-refractivity contribution >= 4 is 39.8 Å². The molecule has 2 amide bonds. The Bertz CT molecular complexity index is 1630. The van der Waals surface area contributed by atoms with Crippen LogP contribution in [-0.4, -0.2) is 54.6 Å². The van der Waals surface area contributed by atoms with E-state index >= 15 is 0 Å². The minimum absolute atomic E-state index is 0.00569. The Hall–Kier alpha value is -4.38. The van der Waals surface area contributed by atoms with Gasteiger partial charge in [0.2, 0.25) is 0 Å². The van der Waals surface area contributed by atoms with Gasteiger partial charge in [-0.15, -0.1) is 0 Å². The Kier molecular flexibility index (Phi) is 8.49. The molecule has 2 aliphatic rings. The summed E-state index contributed by atoms with van der Waals surface area (Å²) in [5.41, 5.74) is 1.82. The summed E-state index contributed by atoms with van der Waals surface area (Å²) in [4.78, 5) is 53.2. The van der Waals surface area contributed by atoms with Crippen LogP contribution in [0.25, 0.3) is 6.08 Å². The normalized spacial score (nSPS) is 17.6. The molecule has 2 aliphatic heterocycles. The summed E-state index contributed by atoms with van der Waals surface area (Å²) in [6.07, 6.45) is 2.45. The Labute approximate surface area is 251 Å². The van der Waals surface area contributed by atoms with Gasteiger partial charge in [-0.25, -0.2) is 0 Å². The summed E-state index contributed by atoms with van der Waals surface area (Å²) < 4.78 is 18.1. The first-order chi connectivity index (χ1) is 20.2. The number of piperidine rings is 1. The smallest absolute Gasteiger partial charge is 0.308 e. The van der Waals surface area contributed by atoms with E-state index in [1.54, 1.807) is 64.1 Å². The van der Waals surface area contributed by atoms with E-state index in [2.05, 4.69) is 21.2 Å². The lowest BCUT2D eigenvalue weighted by Crippen LogP contribution is -2.50. The van der Waals surface area contributed by atoms with Crippen LogP contribution >= 0.6 is 15.9 Å². The highest BCUT2D eigenvalue weighted by Crippen LogP contribution is 2.38. The van der Waals surface area contributed by atoms with E-state index in [0.29, 0.717) is 41.0 Å². The van der Waals surface area contributed by atoms with Crippen LogP contribution in [0.1, 0.15) is 40.9 Å². The molecule has 2 aromatic carbocycles. The van der Waals surface area contributed by atoms with Crippen LogP contribution < -0.4 is 25.1 Å². The van der Waals surface area contributed by atoms with E-state index in [1.165, 1.54) is 21.1 Å². The molecule has 10 nitrogen and oxygen atoms in total. The first kappa shape index (κ1) is 29.1. The molecule has 2 bridgehead atoms. The Morgan fingerprint density at radius 1 is 1.00 bits per heavy atom. The summed E-state index contributed by atoms with van der Waals surface area (Å²) in [5, 5.41) is 2.81. The van der Waals surface area contributed by atoms with Crippen molar-refractivity contribution < 1.29 is 28.6 Å². The number of hydrogen-bond donors (Lipinski definition) is 1. The third-order valence-electron chi connectivity index (χ3n) is 7.41. The van der Waals surface area contributed by atoms with Gasteiger partial charge in [-0.05, 0) is 82.4 Å². The highest BCUT2D eigenvalue weighted by molar-refractivity contribution is 9.10. The van der Waals surface area contributed by atoms with Crippen LogP contribution in [0.5, 0.6) is 17.2 Å². The van der Waals surface area contributed by atoms with Crippen molar-refractivity contribution in [1.82, 2.24) is 14.8 Å². The molecule has 3 heterocycles. The van der Waals surface area contributed by atoms with Gasteiger partial charge in [0.15, 0.2) is 11.5 Å². The fourth-order valence-corrected chi connectivity index (χ4v) is 6.09. The van der Waals surface area contributed by atoms with Crippen molar-refractivity contribution in [1.29, 1.82) is 0 Å². The quantitative estimate of drug-likeness (QED) is 0.237. The fourth-order valence-electron chi connectivity index (χ4n) is 5.55. The number of nitrogens with one attached hydrogen (secondary N) is 1. The number of amides is 2. The van der Waals surface area contributed by atoms with Gasteiger partial charge in [0.1, 0.15) is 11.4 Å². The van der Waals surface area contributed by atoms with Crippen molar-refractivity contribution in [3.63, 3.8) is 0 Å². The summed E-state index contributed by atoms with van der Waals surface area (Å²) >= 11 is 3.42. The van der Waals surface area contributed by atoms with Gasteiger partial charge in [-0.1, -0.05) is 6.07 Å². The average molecular weight is 636 g/mol. The summed E-state index contributed by atoms with van der Waals surface area (Å²) in [6, 6.07) is 15.1. The molecule has 3 aromatic rings. The number of carbonyl (C=O) groups is 3. The minimum Gasteiger partial charge on any atom is -0.497 e. The summed E-state index contributed by atoms with van der Waals surface area (Å²) in [7, 11) is 2.98. The number of rotatable bonds is 7. The van der Waals surface area contributed by atoms with Crippen LogP contribution in [0.3, 0.4) is 0 Å². The molecular weight excluding hydrogens is 606 g/mol. The molecule has 0 aliphatic carbocycles. The predicted octanol–water partition coefficient (Wildman–Crippen LogP) is 3.97. The van der Waals surface area contributed by atoms with Crippen LogP contribution in [0.15, 0.2) is 69.6 Å². The lowest BCUT2D eigenvalue weighted by molar-refractivity contribution is -0.132.